The van der Waals surface area contributed by atoms with E-state index in [2.05, 4.69) is 22.3 Å². The zero-order chi connectivity index (χ0) is 10.1. The maximum absolute atomic E-state index is 8.92. The fourth-order valence-electron chi connectivity index (χ4n) is 1.73. The molecule has 1 aromatic rings. The number of nitrogens with zero attached hydrogens (tertiary/aromatic N) is 3. The summed E-state index contributed by atoms with van der Waals surface area (Å²) >= 11 is 1.33. The summed E-state index contributed by atoms with van der Waals surface area (Å²) in [6.45, 7) is 4.24. The molecule has 74 valence electrons. The molecule has 1 atom stereocenters. The summed E-state index contributed by atoms with van der Waals surface area (Å²) in [5, 5.41) is 9.86. The van der Waals surface area contributed by atoms with Crippen LogP contribution in [0.5, 0.6) is 0 Å². The molecule has 0 bridgehead atoms. The molecule has 0 spiro atoms. The van der Waals surface area contributed by atoms with E-state index in [1.165, 1.54) is 18.0 Å². The maximum atomic E-state index is 8.92. The maximum Gasteiger partial charge on any atom is 0.157 e. The van der Waals surface area contributed by atoms with Crippen molar-refractivity contribution in [2.24, 2.45) is 5.92 Å². The Morgan fingerprint density at radius 2 is 2.50 bits per heavy atom. The van der Waals surface area contributed by atoms with Gasteiger partial charge in [0, 0.05) is 13.1 Å². The van der Waals surface area contributed by atoms with E-state index < -0.39 is 0 Å². The number of hydrogen-bond acceptors (Lipinski definition) is 5. The predicted octanol–water partition coefficient (Wildman–Crippen LogP) is 1.44. The zero-order valence-corrected chi connectivity index (χ0v) is 8.84. The van der Waals surface area contributed by atoms with Crippen LogP contribution in [0.4, 0.5) is 10.8 Å². The molecule has 0 aliphatic carbocycles. The molecule has 0 saturated carbocycles. The molecule has 2 N–H and O–H groups in total. The van der Waals surface area contributed by atoms with Gasteiger partial charge >= 0.3 is 0 Å². The van der Waals surface area contributed by atoms with Crippen molar-refractivity contribution in [2.45, 2.75) is 13.3 Å². The quantitative estimate of drug-likeness (QED) is 0.758. The van der Waals surface area contributed by atoms with Crippen LogP contribution in [0.25, 0.3) is 0 Å². The van der Waals surface area contributed by atoms with Crippen LogP contribution in [0, 0.1) is 17.2 Å². The van der Waals surface area contributed by atoms with Gasteiger partial charge in [-0.1, -0.05) is 6.92 Å². The number of nitrogens with two attached hydrogens (primary N) is 1. The van der Waals surface area contributed by atoms with Crippen LogP contribution in [0.15, 0.2) is 0 Å². The van der Waals surface area contributed by atoms with E-state index in [-0.39, 0.29) is 0 Å². The van der Waals surface area contributed by atoms with E-state index in [1.807, 2.05) is 0 Å². The first kappa shape index (κ1) is 9.28. The molecular formula is C9H12N4S. The highest BCUT2D eigenvalue weighted by atomic mass is 32.1. The molecule has 1 saturated heterocycles. The topological polar surface area (TPSA) is 65.9 Å². The molecule has 1 aliphatic rings. The van der Waals surface area contributed by atoms with Crippen molar-refractivity contribution < 1.29 is 0 Å². The molecule has 2 rings (SSSR count). The number of nitrogen functional groups attached to an aromatic ring is 1. The van der Waals surface area contributed by atoms with Crippen molar-refractivity contribution in [1.82, 2.24) is 4.37 Å². The lowest BCUT2D eigenvalue weighted by atomic mass is 10.2. The summed E-state index contributed by atoms with van der Waals surface area (Å²) in [6, 6.07) is 2.12. The van der Waals surface area contributed by atoms with Gasteiger partial charge in [0.1, 0.15) is 16.6 Å². The van der Waals surface area contributed by atoms with Crippen LogP contribution in [-0.2, 0) is 0 Å². The second-order valence-corrected chi connectivity index (χ2v) is 4.45. The SMILES string of the molecule is CC1CCN(c2snc(N)c2C#N)C1. The van der Waals surface area contributed by atoms with Crippen molar-refractivity contribution in [1.29, 1.82) is 5.26 Å². The van der Waals surface area contributed by atoms with Crippen LogP contribution < -0.4 is 10.6 Å². The summed E-state index contributed by atoms with van der Waals surface area (Å²) in [5.74, 6) is 1.07. The zero-order valence-electron chi connectivity index (χ0n) is 8.03. The summed E-state index contributed by atoms with van der Waals surface area (Å²) in [4.78, 5) is 2.21. The average Bonchev–Trinajstić information content (AvgIpc) is 2.71. The van der Waals surface area contributed by atoms with Crippen molar-refractivity contribution in [3.63, 3.8) is 0 Å². The first-order chi connectivity index (χ1) is 6.72. The normalized spacial score (nSPS) is 21.1. The van der Waals surface area contributed by atoms with Gasteiger partial charge in [-0.3, -0.25) is 0 Å². The molecule has 0 amide bonds. The van der Waals surface area contributed by atoms with Crippen molar-refractivity contribution in [3.05, 3.63) is 5.56 Å². The number of hydrogen-bond donors (Lipinski definition) is 1. The Bertz CT molecular complexity index is 379. The van der Waals surface area contributed by atoms with Gasteiger partial charge in [-0.25, -0.2) is 0 Å². The molecule has 14 heavy (non-hydrogen) atoms. The van der Waals surface area contributed by atoms with E-state index >= 15 is 0 Å². The van der Waals surface area contributed by atoms with E-state index in [0.717, 1.165) is 18.1 Å². The van der Waals surface area contributed by atoms with E-state index in [1.54, 1.807) is 0 Å². The van der Waals surface area contributed by atoms with Gasteiger partial charge in [0.05, 0.1) is 0 Å². The number of rotatable bonds is 1. The standard InChI is InChI=1S/C9H12N4S/c1-6-2-3-13(5-6)9-7(4-10)8(11)12-14-9/h6H,2-3,5H2,1H3,(H2,11,12). The summed E-state index contributed by atoms with van der Waals surface area (Å²) in [7, 11) is 0. The van der Waals surface area contributed by atoms with Crippen LogP contribution in [0.2, 0.25) is 0 Å². The lowest BCUT2D eigenvalue weighted by molar-refractivity contribution is 0.660. The fourth-order valence-corrected chi connectivity index (χ4v) is 2.53. The second kappa shape index (κ2) is 3.46. The lowest BCUT2D eigenvalue weighted by Crippen LogP contribution is -2.18. The number of aromatic nitrogens is 1. The van der Waals surface area contributed by atoms with E-state index in [0.29, 0.717) is 17.3 Å². The van der Waals surface area contributed by atoms with Crippen LogP contribution >= 0.6 is 11.5 Å². The Hall–Kier alpha value is -1.28. The molecule has 1 aliphatic heterocycles. The van der Waals surface area contributed by atoms with Crippen LogP contribution in [0.3, 0.4) is 0 Å². The second-order valence-electron chi connectivity index (χ2n) is 3.70. The third-order valence-corrected chi connectivity index (χ3v) is 3.45. The van der Waals surface area contributed by atoms with Gasteiger partial charge in [0.15, 0.2) is 5.82 Å². The van der Waals surface area contributed by atoms with Crippen molar-refractivity contribution >= 4 is 22.4 Å². The molecule has 1 fully saturated rings. The predicted molar refractivity (Wildman–Crippen MR) is 57.2 cm³/mol. The van der Waals surface area contributed by atoms with E-state index in [9.17, 15) is 0 Å². The molecule has 4 nitrogen and oxygen atoms in total. The Labute approximate surface area is 87.1 Å². The van der Waals surface area contributed by atoms with Gasteiger partial charge in [-0.05, 0) is 23.9 Å². The van der Waals surface area contributed by atoms with Gasteiger partial charge in [-0.15, -0.1) is 0 Å². The molecule has 0 radical (unpaired) electrons. The van der Waals surface area contributed by atoms with Gasteiger partial charge < -0.3 is 10.6 Å². The highest BCUT2D eigenvalue weighted by Crippen LogP contribution is 2.33. The average molecular weight is 208 g/mol. The molecule has 2 heterocycles. The Morgan fingerprint density at radius 1 is 1.71 bits per heavy atom. The Morgan fingerprint density at radius 3 is 3.07 bits per heavy atom. The lowest BCUT2D eigenvalue weighted by Gasteiger charge is -2.14. The monoisotopic (exact) mass is 208 g/mol. The smallest absolute Gasteiger partial charge is 0.157 e. The molecule has 5 heteroatoms. The van der Waals surface area contributed by atoms with Crippen LogP contribution in [0.1, 0.15) is 18.9 Å². The Balaban J connectivity index is 2.29. The van der Waals surface area contributed by atoms with Gasteiger partial charge in [0.25, 0.3) is 0 Å². The molecule has 0 aromatic carbocycles. The number of nitriles is 1. The molecule has 1 unspecified atom stereocenters. The summed E-state index contributed by atoms with van der Waals surface area (Å²) in [6.07, 6.45) is 1.18. The van der Waals surface area contributed by atoms with E-state index in [4.69, 9.17) is 11.0 Å². The molecular weight excluding hydrogens is 196 g/mol. The Kier molecular flexibility index (Phi) is 2.30. The highest BCUT2D eigenvalue weighted by molar-refractivity contribution is 7.10. The largest absolute Gasteiger partial charge is 0.382 e. The first-order valence-electron chi connectivity index (χ1n) is 4.62. The first-order valence-corrected chi connectivity index (χ1v) is 5.40. The van der Waals surface area contributed by atoms with Crippen LogP contribution in [-0.4, -0.2) is 17.5 Å². The summed E-state index contributed by atoms with van der Waals surface area (Å²) < 4.78 is 4.01. The third kappa shape index (κ3) is 1.42. The van der Waals surface area contributed by atoms with Crippen molar-refractivity contribution in [2.75, 3.05) is 23.7 Å². The fraction of sp³-hybridized carbons (Fsp3) is 0.556. The minimum Gasteiger partial charge on any atom is -0.382 e. The highest BCUT2D eigenvalue weighted by Gasteiger charge is 2.24. The van der Waals surface area contributed by atoms with Gasteiger partial charge in [-0.2, -0.15) is 9.64 Å². The van der Waals surface area contributed by atoms with Crippen molar-refractivity contribution in [3.8, 4) is 6.07 Å². The van der Waals surface area contributed by atoms with Gasteiger partial charge in [0.2, 0.25) is 0 Å². The number of anilines is 2. The third-order valence-electron chi connectivity index (χ3n) is 2.52. The minimum absolute atomic E-state index is 0.368. The summed E-state index contributed by atoms with van der Waals surface area (Å²) in [5.41, 5.74) is 6.15. The minimum atomic E-state index is 0.368. The molecule has 1 aromatic heterocycles.